The number of hydrogen-bond donors (Lipinski definition) is 3. The smallest absolute Gasteiger partial charge is 0.363 e. The highest BCUT2D eigenvalue weighted by Gasteiger charge is 2.25. The molecule has 0 saturated heterocycles. The molecule has 2 aromatic heterocycles. The number of nitrogen functional groups attached to an aromatic ring is 1. The van der Waals surface area contributed by atoms with Crippen molar-refractivity contribution < 1.29 is 23.5 Å². The van der Waals surface area contributed by atoms with Gasteiger partial charge in [-0.3, -0.25) is 9.59 Å². The zero-order valence-corrected chi connectivity index (χ0v) is 21.5. The van der Waals surface area contributed by atoms with E-state index >= 15 is 0 Å². The predicted molar refractivity (Wildman–Crippen MR) is 133 cm³/mol. The minimum absolute atomic E-state index is 0.00383. The van der Waals surface area contributed by atoms with Crippen LogP contribution >= 0.6 is 19.4 Å². The Hall–Kier alpha value is -3.14. The van der Waals surface area contributed by atoms with E-state index < -0.39 is 13.7 Å². The monoisotopic (exact) mass is 521 g/mol. The van der Waals surface area contributed by atoms with Crippen LogP contribution in [0.1, 0.15) is 40.5 Å². The number of fused-ring (bicyclic) bond motifs is 1. The van der Waals surface area contributed by atoms with Gasteiger partial charge in [-0.15, -0.1) is 0 Å². The minimum atomic E-state index is -1.36. The number of hydrogen-bond acceptors (Lipinski definition) is 7. The topological polar surface area (TPSA) is 145 Å². The molecule has 3 aromatic rings. The molecule has 1 unspecified atom stereocenters. The van der Waals surface area contributed by atoms with Crippen molar-refractivity contribution in [3.8, 4) is 0 Å². The van der Waals surface area contributed by atoms with E-state index in [-0.39, 0.29) is 42.1 Å². The van der Waals surface area contributed by atoms with E-state index in [1.807, 2.05) is 30.5 Å². The molecule has 2 heterocycles. The van der Waals surface area contributed by atoms with Crippen LogP contribution < -0.4 is 20.9 Å². The molecule has 3 rings (SSSR count). The second-order valence-electron chi connectivity index (χ2n) is 7.64. The molecule has 0 spiro atoms. The summed E-state index contributed by atoms with van der Waals surface area (Å²) in [6, 6.07) is 5.48. The molecule has 0 saturated carbocycles. The highest BCUT2D eigenvalue weighted by Crippen LogP contribution is 2.18. The number of carbonyl (C=O) groups is 2. The molecule has 2 amide bonds. The third-order valence-corrected chi connectivity index (χ3v) is 6.00. The van der Waals surface area contributed by atoms with Crippen LogP contribution in [0.5, 0.6) is 0 Å². The van der Waals surface area contributed by atoms with Crippen LogP contribution in [0.15, 0.2) is 24.4 Å². The van der Waals surface area contributed by atoms with Crippen molar-refractivity contribution in [2.24, 2.45) is 0 Å². The van der Waals surface area contributed by atoms with Gasteiger partial charge in [0.1, 0.15) is 18.4 Å². The largest absolute Gasteiger partial charge is 0.382 e. The van der Waals surface area contributed by atoms with Gasteiger partial charge < -0.3 is 21.1 Å². The van der Waals surface area contributed by atoms with E-state index in [1.165, 1.54) is 6.20 Å². The number of nitrogens with one attached hydrogen (secondary N) is 2. The van der Waals surface area contributed by atoms with Gasteiger partial charge in [-0.25, -0.2) is 19.1 Å². The number of imidazole rings is 1. The maximum Gasteiger partial charge on any atom is 0.363 e. The van der Waals surface area contributed by atoms with E-state index in [9.17, 15) is 14.2 Å². The van der Waals surface area contributed by atoms with E-state index in [1.54, 1.807) is 12.7 Å². The van der Waals surface area contributed by atoms with Gasteiger partial charge in [-0.05, 0) is 26.0 Å². The van der Waals surface area contributed by atoms with E-state index in [0.717, 1.165) is 16.9 Å². The summed E-state index contributed by atoms with van der Waals surface area (Å²) in [6.45, 7) is 7.70. The highest BCUT2D eigenvalue weighted by molar-refractivity contribution is 7.43. The van der Waals surface area contributed by atoms with Gasteiger partial charge in [0.25, 0.3) is 17.6 Å². The van der Waals surface area contributed by atoms with Gasteiger partial charge >= 0.3 is 7.80 Å². The van der Waals surface area contributed by atoms with Gasteiger partial charge in [-0.2, -0.15) is 0 Å². The summed E-state index contributed by atoms with van der Waals surface area (Å²) >= 11 is 5.86. The Kier molecular flexibility index (Phi) is 9.08. The first-order chi connectivity index (χ1) is 16.8. The SMILES string of the molecule is CCn1c(CNC(=O)c2nc(Cl)cnc2N)[n+](CC)c2ccc(C(=O)NCCOC[P+](C)=O)cc21. The number of aryl methyl sites for hydroxylation is 2. The number of amides is 2. The molecule has 0 bridgehead atoms. The van der Waals surface area contributed by atoms with Crippen LogP contribution in [-0.2, 0) is 28.9 Å². The Bertz CT molecular complexity index is 1260. The lowest BCUT2D eigenvalue weighted by Crippen LogP contribution is -2.40. The number of ether oxygens (including phenoxy) is 1. The van der Waals surface area contributed by atoms with E-state index in [0.29, 0.717) is 25.2 Å². The fraction of sp³-hybridized carbons (Fsp3) is 0.409. The number of nitrogens with zero attached hydrogens (tertiary/aromatic N) is 4. The van der Waals surface area contributed by atoms with Gasteiger partial charge in [0, 0.05) is 18.2 Å². The lowest BCUT2D eigenvalue weighted by Gasteiger charge is -2.07. The summed E-state index contributed by atoms with van der Waals surface area (Å²) in [5.41, 5.74) is 8.06. The highest BCUT2D eigenvalue weighted by atomic mass is 35.5. The Morgan fingerprint density at radius 1 is 1.26 bits per heavy atom. The quantitative estimate of drug-likeness (QED) is 0.199. The molecule has 1 atom stereocenters. The average Bonchev–Trinajstić information content (AvgIpc) is 3.14. The summed E-state index contributed by atoms with van der Waals surface area (Å²) in [4.78, 5) is 33.2. The number of nitrogens with two attached hydrogens (primary N) is 1. The maximum atomic E-state index is 12.7. The lowest BCUT2D eigenvalue weighted by atomic mass is 10.2. The Morgan fingerprint density at radius 2 is 2.03 bits per heavy atom. The van der Waals surface area contributed by atoms with Crippen molar-refractivity contribution >= 4 is 48.1 Å². The summed E-state index contributed by atoms with van der Waals surface area (Å²) in [7, 11) is -1.36. The summed E-state index contributed by atoms with van der Waals surface area (Å²) < 4.78 is 20.4. The van der Waals surface area contributed by atoms with Crippen LogP contribution in [-0.4, -0.2) is 52.5 Å². The molecule has 1 aromatic carbocycles. The molecule has 0 aliphatic carbocycles. The number of benzene rings is 1. The van der Waals surface area contributed by atoms with Crippen LogP contribution in [0.3, 0.4) is 0 Å². The number of anilines is 1. The van der Waals surface area contributed by atoms with Crippen molar-refractivity contribution in [2.75, 3.05) is 31.9 Å². The first-order valence-corrected chi connectivity index (χ1v) is 13.4. The third-order valence-electron chi connectivity index (χ3n) is 5.27. The zero-order valence-electron chi connectivity index (χ0n) is 19.9. The maximum absolute atomic E-state index is 12.7. The Morgan fingerprint density at radius 3 is 2.71 bits per heavy atom. The number of rotatable bonds is 11. The van der Waals surface area contributed by atoms with Gasteiger partial charge in [0.15, 0.2) is 22.5 Å². The molecule has 0 aliphatic rings. The second kappa shape index (κ2) is 12.0. The second-order valence-corrected chi connectivity index (χ2v) is 9.54. The first kappa shape index (κ1) is 26.5. The summed E-state index contributed by atoms with van der Waals surface area (Å²) in [6.07, 6.45) is 1.45. The van der Waals surface area contributed by atoms with Crippen molar-refractivity contribution in [1.82, 2.24) is 25.2 Å². The Balaban J connectivity index is 1.81. The molecule has 35 heavy (non-hydrogen) atoms. The molecule has 0 fully saturated rings. The Labute approximate surface area is 208 Å². The fourth-order valence-electron chi connectivity index (χ4n) is 3.75. The summed E-state index contributed by atoms with van der Waals surface area (Å²) in [5, 5.41) is 5.73. The van der Waals surface area contributed by atoms with Crippen LogP contribution in [0.25, 0.3) is 11.0 Å². The normalized spacial score (nSPS) is 11.5. The average molecular weight is 522 g/mol. The summed E-state index contributed by atoms with van der Waals surface area (Å²) in [5.74, 6) is 0.138. The molecular weight excluding hydrogens is 493 g/mol. The van der Waals surface area contributed by atoms with Gasteiger partial charge in [0.05, 0.1) is 25.9 Å². The first-order valence-electron chi connectivity index (χ1n) is 11.1. The third kappa shape index (κ3) is 6.30. The molecule has 11 nitrogen and oxygen atoms in total. The van der Waals surface area contributed by atoms with Crippen molar-refractivity contribution in [1.29, 1.82) is 0 Å². The lowest BCUT2D eigenvalue weighted by molar-refractivity contribution is -0.676. The molecule has 4 N–H and O–H groups in total. The minimum Gasteiger partial charge on any atom is -0.382 e. The molecule has 13 heteroatoms. The van der Waals surface area contributed by atoms with E-state index in [2.05, 4.69) is 25.2 Å². The molecule has 186 valence electrons. The zero-order chi connectivity index (χ0) is 25.5. The molecule has 0 radical (unpaired) electrons. The molecular formula is C22H29ClN7O4P+2. The van der Waals surface area contributed by atoms with Crippen LogP contribution in [0.2, 0.25) is 5.15 Å². The van der Waals surface area contributed by atoms with Crippen molar-refractivity contribution in [3.63, 3.8) is 0 Å². The van der Waals surface area contributed by atoms with Crippen molar-refractivity contribution in [3.05, 3.63) is 46.6 Å². The van der Waals surface area contributed by atoms with Crippen LogP contribution in [0.4, 0.5) is 5.82 Å². The standard InChI is InChI=1S/C22H27ClN7O4P/c1-4-29-15-7-6-14(21(31)25-8-9-34-13-35(3)33)10-16(15)30(5-2)18(29)12-27-22(32)19-20(24)26-11-17(23)28-19/h6-7,10-11H,4-5,8-9,12-13H2,1-3H3,(H2-2,24,25,26,27,31,32)/p+2. The van der Waals surface area contributed by atoms with Crippen molar-refractivity contribution in [2.45, 2.75) is 33.5 Å². The molecule has 0 aliphatic heterocycles. The van der Waals surface area contributed by atoms with Gasteiger partial charge in [0.2, 0.25) is 6.35 Å². The number of halogens is 1. The van der Waals surface area contributed by atoms with Gasteiger partial charge in [-0.1, -0.05) is 16.2 Å². The number of carbonyl (C=O) groups excluding carboxylic acids is 2. The number of aromatic nitrogens is 4. The predicted octanol–water partition coefficient (Wildman–Crippen LogP) is 2.09. The fourth-order valence-corrected chi connectivity index (χ4v) is 4.27. The van der Waals surface area contributed by atoms with Crippen LogP contribution in [0, 0.1) is 0 Å². The van der Waals surface area contributed by atoms with E-state index in [4.69, 9.17) is 22.1 Å².